The average molecular weight is 358 g/mol. The number of amides is 1. The fourth-order valence-corrected chi connectivity index (χ4v) is 4.64. The van der Waals surface area contributed by atoms with Gasteiger partial charge in [0, 0.05) is 19.5 Å². The zero-order valence-electron chi connectivity index (χ0n) is 14.0. The Morgan fingerprint density at radius 1 is 1.04 bits per heavy atom. The summed E-state index contributed by atoms with van der Waals surface area (Å²) in [6.45, 7) is 0.289. The fourth-order valence-electron chi connectivity index (χ4n) is 3.16. The van der Waals surface area contributed by atoms with Gasteiger partial charge in [-0.25, -0.2) is 8.42 Å². The lowest BCUT2D eigenvalue weighted by molar-refractivity contribution is -0.118. The van der Waals surface area contributed by atoms with Gasteiger partial charge in [-0.05, 0) is 48.1 Å². The standard InChI is InChI=1S/C19H22N2O3S/c20-19(22)11-12-21(14-15-5-2-1-3-6-15)25(23,24)18-10-9-16-7-4-8-17(16)13-18/h1-3,5-6,9-10,13H,4,7-8,11-12,14H2,(H2,20,22). The molecule has 2 aromatic rings. The van der Waals surface area contributed by atoms with Gasteiger partial charge in [0.2, 0.25) is 15.9 Å². The molecule has 1 aliphatic carbocycles. The molecule has 6 heteroatoms. The Kier molecular flexibility index (Phi) is 5.20. The summed E-state index contributed by atoms with van der Waals surface area (Å²) in [7, 11) is -3.69. The number of carbonyl (C=O) groups is 1. The lowest BCUT2D eigenvalue weighted by atomic mass is 10.1. The van der Waals surface area contributed by atoms with Gasteiger partial charge in [0.25, 0.3) is 0 Å². The zero-order chi connectivity index (χ0) is 17.9. The molecular formula is C19H22N2O3S. The molecule has 1 aliphatic rings. The topological polar surface area (TPSA) is 80.5 Å². The van der Waals surface area contributed by atoms with Crippen LogP contribution in [0.2, 0.25) is 0 Å². The van der Waals surface area contributed by atoms with Crippen molar-refractivity contribution in [1.29, 1.82) is 0 Å². The summed E-state index contributed by atoms with van der Waals surface area (Å²) in [6.07, 6.45) is 2.98. The van der Waals surface area contributed by atoms with Crippen LogP contribution in [0, 0.1) is 0 Å². The van der Waals surface area contributed by atoms with Gasteiger partial charge in [0.05, 0.1) is 4.90 Å². The second-order valence-electron chi connectivity index (χ2n) is 6.32. The summed E-state index contributed by atoms with van der Waals surface area (Å²) in [6, 6.07) is 14.7. The van der Waals surface area contributed by atoms with Crippen LogP contribution in [0.5, 0.6) is 0 Å². The van der Waals surface area contributed by atoms with E-state index in [9.17, 15) is 13.2 Å². The highest BCUT2D eigenvalue weighted by Crippen LogP contribution is 2.27. The third kappa shape index (κ3) is 4.08. The fraction of sp³-hybridized carbons (Fsp3) is 0.316. The van der Waals surface area contributed by atoms with E-state index in [0.29, 0.717) is 0 Å². The van der Waals surface area contributed by atoms with Gasteiger partial charge >= 0.3 is 0 Å². The minimum absolute atomic E-state index is 0.00297. The smallest absolute Gasteiger partial charge is 0.243 e. The van der Waals surface area contributed by atoms with Crippen LogP contribution in [0.15, 0.2) is 53.4 Å². The first kappa shape index (κ1) is 17.6. The van der Waals surface area contributed by atoms with E-state index in [1.165, 1.54) is 9.87 Å². The highest BCUT2D eigenvalue weighted by atomic mass is 32.2. The third-order valence-corrected chi connectivity index (χ3v) is 6.36. The molecule has 3 rings (SSSR count). The maximum absolute atomic E-state index is 13.1. The molecule has 2 N–H and O–H groups in total. The van der Waals surface area contributed by atoms with E-state index < -0.39 is 15.9 Å². The largest absolute Gasteiger partial charge is 0.370 e. The molecule has 0 spiro atoms. The predicted octanol–water partition coefficient (Wildman–Crippen LogP) is 2.24. The first-order chi connectivity index (χ1) is 12.0. The number of benzene rings is 2. The lowest BCUT2D eigenvalue weighted by Gasteiger charge is -2.22. The average Bonchev–Trinajstić information content (AvgIpc) is 3.07. The second-order valence-corrected chi connectivity index (χ2v) is 8.26. The molecule has 0 saturated heterocycles. The van der Waals surface area contributed by atoms with Crippen molar-refractivity contribution in [1.82, 2.24) is 4.31 Å². The van der Waals surface area contributed by atoms with Crippen molar-refractivity contribution >= 4 is 15.9 Å². The van der Waals surface area contributed by atoms with Gasteiger partial charge < -0.3 is 5.73 Å². The van der Waals surface area contributed by atoms with Crippen LogP contribution in [0.25, 0.3) is 0 Å². The number of hydrogen-bond donors (Lipinski definition) is 1. The van der Waals surface area contributed by atoms with Crippen molar-refractivity contribution in [2.45, 2.75) is 37.1 Å². The molecule has 0 saturated carbocycles. The molecule has 0 unspecified atom stereocenters. The first-order valence-electron chi connectivity index (χ1n) is 8.41. The third-order valence-electron chi connectivity index (χ3n) is 4.52. The number of hydrogen-bond acceptors (Lipinski definition) is 3. The molecule has 0 bridgehead atoms. The number of carbonyl (C=O) groups excluding carboxylic acids is 1. The van der Waals surface area contributed by atoms with E-state index in [1.807, 2.05) is 36.4 Å². The van der Waals surface area contributed by atoms with Crippen molar-refractivity contribution in [3.63, 3.8) is 0 Å². The lowest BCUT2D eigenvalue weighted by Crippen LogP contribution is -2.33. The van der Waals surface area contributed by atoms with Crippen molar-refractivity contribution in [3.8, 4) is 0 Å². The molecule has 0 heterocycles. The molecule has 0 fully saturated rings. The maximum Gasteiger partial charge on any atom is 0.243 e. The van der Waals surface area contributed by atoms with E-state index in [0.717, 1.165) is 30.4 Å². The number of rotatable bonds is 7. The summed E-state index contributed by atoms with van der Waals surface area (Å²) in [5, 5.41) is 0. The van der Waals surface area contributed by atoms with Crippen molar-refractivity contribution in [3.05, 3.63) is 65.2 Å². The zero-order valence-corrected chi connectivity index (χ0v) is 14.8. The molecule has 25 heavy (non-hydrogen) atoms. The Bertz CT molecular complexity index is 863. The number of fused-ring (bicyclic) bond motifs is 1. The Morgan fingerprint density at radius 3 is 2.48 bits per heavy atom. The molecule has 0 aromatic heterocycles. The molecule has 1 amide bonds. The SMILES string of the molecule is NC(=O)CCN(Cc1ccccc1)S(=O)(=O)c1ccc2c(c1)CCC2. The Labute approximate surface area is 148 Å². The molecular weight excluding hydrogens is 336 g/mol. The maximum atomic E-state index is 13.1. The van der Waals surface area contributed by atoms with Gasteiger partial charge in [-0.15, -0.1) is 0 Å². The summed E-state index contributed by atoms with van der Waals surface area (Å²) in [5.41, 5.74) is 8.44. The van der Waals surface area contributed by atoms with Crippen LogP contribution < -0.4 is 5.73 Å². The molecule has 132 valence electrons. The molecule has 0 aliphatic heterocycles. The van der Waals surface area contributed by atoms with Gasteiger partial charge in [0.15, 0.2) is 0 Å². The van der Waals surface area contributed by atoms with E-state index in [4.69, 9.17) is 5.73 Å². The van der Waals surface area contributed by atoms with Crippen LogP contribution in [0.3, 0.4) is 0 Å². The highest BCUT2D eigenvalue weighted by Gasteiger charge is 2.26. The van der Waals surface area contributed by atoms with Crippen LogP contribution >= 0.6 is 0 Å². The van der Waals surface area contributed by atoms with Crippen molar-refractivity contribution in [2.75, 3.05) is 6.54 Å². The Hall–Kier alpha value is -2.18. The molecule has 2 aromatic carbocycles. The number of nitrogens with zero attached hydrogens (tertiary/aromatic N) is 1. The summed E-state index contributed by atoms with van der Waals surface area (Å²) in [4.78, 5) is 11.5. The minimum atomic E-state index is -3.69. The van der Waals surface area contributed by atoms with Crippen molar-refractivity contribution < 1.29 is 13.2 Å². The van der Waals surface area contributed by atoms with Gasteiger partial charge in [-0.2, -0.15) is 4.31 Å². The Morgan fingerprint density at radius 2 is 1.76 bits per heavy atom. The normalized spacial score (nSPS) is 13.8. The predicted molar refractivity (Wildman–Crippen MR) is 96.3 cm³/mol. The van der Waals surface area contributed by atoms with E-state index in [-0.39, 0.29) is 24.4 Å². The van der Waals surface area contributed by atoms with Crippen LogP contribution in [0.1, 0.15) is 29.5 Å². The van der Waals surface area contributed by atoms with Crippen molar-refractivity contribution in [2.24, 2.45) is 5.73 Å². The second kappa shape index (κ2) is 7.37. The van der Waals surface area contributed by atoms with E-state index in [2.05, 4.69) is 0 Å². The molecule has 0 radical (unpaired) electrons. The van der Waals surface area contributed by atoms with Gasteiger partial charge in [-0.1, -0.05) is 36.4 Å². The number of primary amides is 1. The molecule has 0 atom stereocenters. The van der Waals surface area contributed by atoms with Gasteiger partial charge in [-0.3, -0.25) is 4.79 Å². The van der Waals surface area contributed by atoms with Crippen LogP contribution in [0.4, 0.5) is 0 Å². The van der Waals surface area contributed by atoms with E-state index in [1.54, 1.807) is 12.1 Å². The van der Waals surface area contributed by atoms with Crippen LogP contribution in [-0.2, 0) is 34.2 Å². The van der Waals surface area contributed by atoms with Gasteiger partial charge in [0.1, 0.15) is 0 Å². The number of sulfonamides is 1. The molecule has 5 nitrogen and oxygen atoms in total. The highest BCUT2D eigenvalue weighted by molar-refractivity contribution is 7.89. The summed E-state index contributed by atoms with van der Waals surface area (Å²) >= 11 is 0. The minimum Gasteiger partial charge on any atom is -0.370 e. The van der Waals surface area contributed by atoms with E-state index >= 15 is 0 Å². The summed E-state index contributed by atoms with van der Waals surface area (Å²) < 4.78 is 27.6. The quantitative estimate of drug-likeness (QED) is 0.824. The number of aryl methyl sites for hydroxylation is 2. The first-order valence-corrected chi connectivity index (χ1v) is 9.85. The van der Waals surface area contributed by atoms with Crippen LogP contribution in [-0.4, -0.2) is 25.2 Å². The summed E-state index contributed by atoms with van der Waals surface area (Å²) in [5.74, 6) is -0.512. The monoisotopic (exact) mass is 358 g/mol. The number of nitrogens with two attached hydrogens (primary N) is 1. The Balaban J connectivity index is 1.91.